The Labute approximate surface area is 126 Å². The molecule has 106 valence electrons. The standard InChI is InChI=1S/C14H14ClNO3S/c1-8(17)12-5-10(15)3-4-13(12)16-7-11(6-14(16)19)20-9(2)18/h3-5,11H,6-7H2,1-2H3. The molecule has 0 aromatic heterocycles. The molecule has 4 nitrogen and oxygen atoms in total. The zero-order valence-corrected chi connectivity index (χ0v) is 12.8. The molecule has 1 saturated heterocycles. The van der Waals surface area contributed by atoms with E-state index in [1.807, 2.05) is 0 Å². The first-order valence-corrected chi connectivity index (χ1v) is 7.42. The number of rotatable bonds is 3. The van der Waals surface area contributed by atoms with E-state index in [9.17, 15) is 14.4 Å². The van der Waals surface area contributed by atoms with Gasteiger partial charge in [0.25, 0.3) is 0 Å². The minimum absolute atomic E-state index is 0.00690. The smallest absolute Gasteiger partial charge is 0.228 e. The summed E-state index contributed by atoms with van der Waals surface area (Å²) in [7, 11) is 0. The molecule has 20 heavy (non-hydrogen) atoms. The summed E-state index contributed by atoms with van der Waals surface area (Å²) in [6, 6.07) is 4.90. The highest BCUT2D eigenvalue weighted by molar-refractivity contribution is 8.14. The minimum atomic E-state index is -0.141. The lowest BCUT2D eigenvalue weighted by Gasteiger charge is -2.19. The van der Waals surface area contributed by atoms with Crippen molar-refractivity contribution in [1.82, 2.24) is 0 Å². The summed E-state index contributed by atoms with van der Waals surface area (Å²) in [5, 5.41) is 0.392. The molecule has 0 saturated carbocycles. The van der Waals surface area contributed by atoms with Crippen molar-refractivity contribution in [2.24, 2.45) is 0 Å². The molecular weight excluding hydrogens is 298 g/mol. The van der Waals surface area contributed by atoms with Gasteiger partial charge in [-0.2, -0.15) is 0 Å². The van der Waals surface area contributed by atoms with Crippen LogP contribution in [0.25, 0.3) is 0 Å². The Kier molecular flexibility index (Phi) is 4.50. The van der Waals surface area contributed by atoms with Crippen LogP contribution in [-0.4, -0.2) is 28.6 Å². The van der Waals surface area contributed by atoms with Crippen LogP contribution in [0.3, 0.4) is 0 Å². The van der Waals surface area contributed by atoms with E-state index in [0.29, 0.717) is 29.2 Å². The number of Topliss-reactive ketones (excluding diaryl/α,β-unsaturated/α-hetero) is 1. The van der Waals surface area contributed by atoms with Gasteiger partial charge in [-0.3, -0.25) is 14.4 Å². The number of nitrogens with zero attached hydrogens (tertiary/aromatic N) is 1. The maximum atomic E-state index is 12.1. The third-order valence-electron chi connectivity index (χ3n) is 3.05. The summed E-state index contributed by atoms with van der Waals surface area (Å²) in [4.78, 5) is 36.5. The van der Waals surface area contributed by atoms with E-state index in [0.717, 1.165) is 0 Å². The van der Waals surface area contributed by atoms with Crippen molar-refractivity contribution in [3.63, 3.8) is 0 Å². The predicted octanol–water partition coefficient (Wildman–Crippen LogP) is 2.93. The molecule has 1 aromatic rings. The first-order valence-electron chi connectivity index (χ1n) is 6.16. The summed E-state index contributed by atoms with van der Waals surface area (Å²) < 4.78 is 0. The van der Waals surface area contributed by atoms with E-state index in [1.165, 1.54) is 25.6 Å². The molecule has 1 fully saturated rings. The first-order chi connectivity index (χ1) is 9.38. The quantitative estimate of drug-likeness (QED) is 0.805. The summed E-state index contributed by atoms with van der Waals surface area (Å²) in [5.41, 5.74) is 0.998. The molecule has 0 radical (unpaired) electrons. The molecule has 1 heterocycles. The van der Waals surface area contributed by atoms with Crippen LogP contribution in [0.5, 0.6) is 0 Å². The average molecular weight is 312 g/mol. The zero-order chi connectivity index (χ0) is 14.9. The van der Waals surface area contributed by atoms with Crippen LogP contribution in [0.1, 0.15) is 30.6 Å². The molecule has 1 amide bonds. The van der Waals surface area contributed by atoms with Crippen LogP contribution in [0.2, 0.25) is 5.02 Å². The molecule has 1 aliphatic rings. The molecule has 1 aromatic carbocycles. The molecule has 0 N–H and O–H groups in total. The van der Waals surface area contributed by atoms with Crippen molar-refractivity contribution >= 4 is 45.9 Å². The van der Waals surface area contributed by atoms with Crippen molar-refractivity contribution in [2.45, 2.75) is 25.5 Å². The lowest BCUT2D eigenvalue weighted by Crippen LogP contribution is -2.26. The SMILES string of the molecule is CC(=O)SC1CC(=O)N(c2ccc(Cl)cc2C(C)=O)C1. The fraction of sp³-hybridized carbons (Fsp3) is 0.357. The average Bonchev–Trinajstić information content (AvgIpc) is 2.69. The number of carbonyl (C=O) groups excluding carboxylic acids is 3. The summed E-state index contributed by atoms with van der Waals surface area (Å²) in [5.74, 6) is -0.216. The molecular formula is C14H14ClNO3S. The van der Waals surface area contributed by atoms with Crippen LogP contribution in [0, 0.1) is 0 Å². The third kappa shape index (κ3) is 3.22. The Morgan fingerprint density at radius 3 is 2.65 bits per heavy atom. The summed E-state index contributed by atoms with van der Waals surface area (Å²) in [6.45, 7) is 3.36. The molecule has 0 spiro atoms. The van der Waals surface area contributed by atoms with Gasteiger partial charge in [0.15, 0.2) is 10.9 Å². The van der Waals surface area contributed by atoms with Gasteiger partial charge in [0.1, 0.15) is 0 Å². The van der Waals surface area contributed by atoms with Crippen molar-refractivity contribution < 1.29 is 14.4 Å². The van der Waals surface area contributed by atoms with Gasteiger partial charge in [-0.15, -0.1) is 0 Å². The monoisotopic (exact) mass is 311 g/mol. The topological polar surface area (TPSA) is 54.5 Å². The third-order valence-corrected chi connectivity index (χ3v) is 4.27. The van der Waals surface area contributed by atoms with Crippen LogP contribution < -0.4 is 4.90 Å². The van der Waals surface area contributed by atoms with E-state index in [1.54, 1.807) is 23.1 Å². The number of benzene rings is 1. The maximum Gasteiger partial charge on any atom is 0.228 e. The van der Waals surface area contributed by atoms with Gasteiger partial charge in [-0.25, -0.2) is 0 Å². The van der Waals surface area contributed by atoms with Crippen molar-refractivity contribution in [1.29, 1.82) is 0 Å². The number of halogens is 1. The number of hydrogen-bond donors (Lipinski definition) is 0. The van der Waals surface area contributed by atoms with E-state index >= 15 is 0 Å². The highest BCUT2D eigenvalue weighted by atomic mass is 35.5. The lowest BCUT2D eigenvalue weighted by atomic mass is 10.1. The van der Waals surface area contributed by atoms with Gasteiger partial charge in [0, 0.05) is 35.7 Å². The Morgan fingerprint density at radius 2 is 2.05 bits per heavy atom. The van der Waals surface area contributed by atoms with Gasteiger partial charge >= 0.3 is 0 Å². The number of amides is 1. The zero-order valence-electron chi connectivity index (χ0n) is 11.2. The molecule has 0 aliphatic carbocycles. The van der Waals surface area contributed by atoms with E-state index in [4.69, 9.17) is 11.6 Å². The van der Waals surface area contributed by atoms with E-state index in [-0.39, 0.29) is 22.1 Å². The maximum absolute atomic E-state index is 12.1. The molecule has 1 aliphatic heterocycles. The second kappa shape index (κ2) is 5.97. The van der Waals surface area contributed by atoms with Gasteiger partial charge in [-0.1, -0.05) is 23.4 Å². The summed E-state index contributed by atoms with van der Waals surface area (Å²) >= 11 is 7.07. The van der Waals surface area contributed by atoms with Crippen LogP contribution in [-0.2, 0) is 9.59 Å². The van der Waals surface area contributed by atoms with Gasteiger partial charge in [0.2, 0.25) is 5.91 Å². The molecule has 2 rings (SSSR count). The van der Waals surface area contributed by atoms with Crippen molar-refractivity contribution in [3.05, 3.63) is 28.8 Å². The lowest BCUT2D eigenvalue weighted by molar-refractivity contribution is -0.117. The first kappa shape index (κ1) is 15.1. The molecule has 1 unspecified atom stereocenters. The van der Waals surface area contributed by atoms with Gasteiger partial charge < -0.3 is 4.90 Å². The molecule has 0 bridgehead atoms. The van der Waals surface area contributed by atoms with E-state index < -0.39 is 0 Å². The second-order valence-electron chi connectivity index (χ2n) is 4.66. The van der Waals surface area contributed by atoms with Crippen molar-refractivity contribution in [2.75, 3.05) is 11.4 Å². The number of hydrogen-bond acceptors (Lipinski definition) is 4. The van der Waals surface area contributed by atoms with Gasteiger partial charge in [-0.05, 0) is 25.1 Å². The minimum Gasteiger partial charge on any atom is -0.311 e. The Balaban J connectivity index is 2.30. The van der Waals surface area contributed by atoms with Crippen LogP contribution in [0.4, 0.5) is 5.69 Å². The van der Waals surface area contributed by atoms with Crippen molar-refractivity contribution in [3.8, 4) is 0 Å². The normalized spacial score (nSPS) is 18.4. The fourth-order valence-corrected chi connectivity index (χ4v) is 3.34. The van der Waals surface area contributed by atoms with E-state index in [2.05, 4.69) is 0 Å². The summed E-state index contributed by atoms with van der Waals surface area (Å²) in [6.07, 6.45) is 0.310. The van der Waals surface area contributed by atoms with Crippen LogP contribution >= 0.6 is 23.4 Å². The van der Waals surface area contributed by atoms with Crippen LogP contribution in [0.15, 0.2) is 18.2 Å². The second-order valence-corrected chi connectivity index (χ2v) is 6.57. The highest BCUT2D eigenvalue weighted by Gasteiger charge is 2.33. The molecule has 1 atom stereocenters. The Hall–Kier alpha value is -1.33. The predicted molar refractivity (Wildman–Crippen MR) is 80.5 cm³/mol. The fourth-order valence-electron chi connectivity index (χ4n) is 2.25. The number of anilines is 1. The Bertz CT molecular complexity index is 588. The largest absolute Gasteiger partial charge is 0.311 e. The number of thioether (sulfide) groups is 1. The number of carbonyl (C=O) groups is 3. The Morgan fingerprint density at radius 1 is 1.35 bits per heavy atom. The van der Waals surface area contributed by atoms with Gasteiger partial charge in [0.05, 0.1) is 5.69 Å². The number of ketones is 1. The molecule has 6 heteroatoms. The highest BCUT2D eigenvalue weighted by Crippen LogP contribution is 2.32.